The van der Waals surface area contributed by atoms with Gasteiger partial charge < -0.3 is 5.32 Å². The molecule has 1 aromatic heterocycles. The van der Waals surface area contributed by atoms with Crippen LogP contribution in [0, 0.1) is 5.82 Å². The Bertz CT molecular complexity index is 869. The summed E-state index contributed by atoms with van der Waals surface area (Å²) in [6, 6.07) is 16.4. The number of hydrogen-bond donors (Lipinski definition) is 1. The Morgan fingerprint density at radius 3 is 2.69 bits per heavy atom. The molecule has 0 radical (unpaired) electrons. The third kappa shape index (κ3) is 4.49. The molecule has 134 valence electrons. The maximum atomic E-state index is 14.0. The van der Waals surface area contributed by atoms with E-state index in [4.69, 9.17) is 0 Å². The molecular weight excluding hydrogens is 351 g/mol. The van der Waals surface area contributed by atoms with Gasteiger partial charge in [0.15, 0.2) is 5.16 Å². The topological polar surface area (TPSA) is 59.8 Å². The van der Waals surface area contributed by atoms with Gasteiger partial charge in [-0.1, -0.05) is 54.2 Å². The van der Waals surface area contributed by atoms with Crippen molar-refractivity contribution in [1.82, 2.24) is 20.1 Å². The van der Waals surface area contributed by atoms with E-state index in [2.05, 4.69) is 15.5 Å². The number of thioether (sulfide) groups is 1. The standard InChI is InChI=1S/C19H19FN4OS/c1-14(18(25)21-12-11-15-7-3-2-4-8-15)26-19-23-22-13-24(19)17-10-6-5-9-16(17)20/h2-10,13-14H,11-12H2,1H3,(H,21,25)/t14-/m1/s1. The van der Waals surface area contributed by atoms with Crippen LogP contribution in [0.3, 0.4) is 0 Å². The number of carbonyl (C=O) groups excluding carboxylic acids is 1. The highest BCUT2D eigenvalue weighted by molar-refractivity contribution is 8.00. The van der Waals surface area contributed by atoms with Crippen LogP contribution in [0.25, 0.3) is 5.69 Å². The van der Waals surface area contributed by atoms with Gasteiger partial charge in [0.2, 0.25) is 5.91 Å². The van der Waals surface area contributed by atoms with Crippen molar-refractivity contribution in [3.05, 3.63) is 72.3 Å². The van der Waals surface area contributed by atoms with Crippen molar-refractivity contribution in [1.29, 1.82) is 0 Å². The Labute approximate surface area is 155 Å². The first kappa shape index (κ1) is 18.1. The van der Waals surface area contributed by atoms with E-state index in [9.17, 15) is 9.18 Å². The second-order valence-corrected chi connectivity index (χ2v) is 7.03. The number of carbonyl (C=O) groups is 1. The molecule has 5 nitrogen and oxygen atoms in total. The summed E-state index contributed by atoms with van der Waals surface area (Å²) in [5.41, 5.74) is 1.53. The first-order valence-electron chi connectivity index (χ1n) is 8.28. The van der Waals surface area contributed by atoms with E-state index in [1.54, 1.807) is 29.7 Å². The zero-order chi connectivity index (χ0) is 18.4. The fourth-order valence-corrected chi connectivity index (χ4v) is 3.31. The van der Waals surface area contributed by atoms with Crippen molar-refractivity contribution >= 4 is 17.7 Å². The Morgan fingerprint density at radius 2 is 1.92 bits per heavy atom. The molecule has 1 amide bonds. The first-order chi connectivity index (χ1) is 12.6. The Kier molecular flexibility index (Phi) is 6.01. The SMILES string of the molecule is C[C@@H](Sc1nncn1-c1ccccc1F)C(=O)NCCc1ccccc1. The maximum absolute atomic E-state index is 14.0. The minimum absolute atomic E-state index is 0.0889. The third-order valence-electron chi connectivity index (χ3n) is 3.84. The lowest BCUT2D eigenvalue weighted by atomic mass is 10.1. The summed E-state index contributed by atoms with van der Waals surface area (Å²) in [5, 5.41) is 10.9. The Morgan fingerprint density at radius 1 is 1.19 bits per heavy atom. The molecule has 0 bridgehead atoms. The normalized spacial score (nSPS) is 11.9. The van der Waals surface area contributed by atoms with Gasteiger partial charge in [-0.05, 0) is 31.0 Å². The summed E-state index contributed by atoms with van der Waals surface area (Å²) >= 11 is 1.25. The smallest absolute Gasteiger partial charge is 0.233 e. The molecule has 1 N–H and O–H groups in total. The van der Waals surface area contributed by atoms with E-state index in [1.165, 1.54) is 29.7 Å². The number of rotatable bonds is 7. The van der Waals surface area contributed by atoms with Crippen molar-refractivity contribution < 1.29 is 9.18 Å². The lowest BCUT2D eigenvalue weighted by Crippen LogP contribution is -2.32. The summed E-state index contributed by atoms with van der Waals surface area (Å²) in [6.07, 6.45) is 2.22. The fraction of sp³-hybridized carbons (Fsp3) is 0.211. The highest BCUT2D eigenvalue weighted by Gasteiger charge is 2.19. The molecule has 1 atom stereocenters. The molecule has 26 heavy (non-hydrogen) atoms. The summed E-state index contributed by atoms with van der Waals surface area (Å²) in [7, 11) is 0. The second-order valence-electron chi connectivity index (χ2n) is 5.72. The molecule has 0 saturated carbocycles. The average molecular weight is 370 g/mol. The fourth-order valence-electron chi connectivity index (χ4n) is 2.45. The summed E-state index contributed by atoms with van der Waals surface area (Å²) in [4.78, 5) is 12.3. The molecule has 0 aliphatic carbocycles. The number of aromatic nitrogens is 3. The van der Waals surface area contributed by atoms with Gasteiger partial charge in [-0.25, -0.2) is 4.39 Å². The van der Waals surface area contributed by atoms with Crippen molar-refractivity contribution in [3.63, 3.8) is 0 Å². The van der Waals surface area contributed by atoms with Gasteiger partial charge in [0.05, 0.1) is 10.9 Å². The van der Waals surface area contributed by atoms with E-state index in [0.717, 1.165) is 6.42 Å². The van der Waals surface area contributed by atoms with Crippen molar-refractivity contribution in [2.75, 3.05) is 6.54 Å². The predicted molar refractivity (Wildman–Crippen MR) is 99.8 cm³/mol. The van der Waals surface area contributed by atoms with Gasteiger partial charge >= 0.3 is 0 Å². The quantitative estimate of drug-likeness (QED) is 0.649. The number of hydrogen-bond acceptors (Lipinski definition) is 4. The third-order valence-corrected chi connectivity index (χ3v) is 4.89. The van der Waals surface area contributed by atoms with E-state index < -0.39 is 0 Å². The highest BCUT2D eigenvalue weighted by atomic mass is 32.2. The summed E-state index contributed by atoms with van der Waals surface area (Å²) in [6.45, 7) is 2.36. The molecule has 1 heterocycles. The predicted octanol–water partition coefficient (Wildman–Crippen LogP) is 3.25. The number of halogens is 1. The van der Waals surface area contributed by atoms with Crippen LogP contribution < -0.4 is 5.32 Å². The molecule has 0 spiro atoms. The van der Waals surface area contributed by atoms with Crippen LogP contribution in [-0.2, 0) is 11.2 Å². The highest BCUT2D eigenvalue weighted by Crippen LogP contribution is 2.25. The number of amides is 1. The number of para-hydroxylation sites is 1. The van der Waals surface area contributed by atoms with Gasteiger partial charge in [0.25, 0.3) is 0 Å². The van der Waals surface area contributed by atoms with Crippen LogP contribution in [0.2, 0.25) is 0 Å². The number of nitrogens with zero attached hydrogens (tertiary/aromatic N) is 3. The van der Waals surface area contributed by atoms with Crippen molar-refractivity contribution in [3.8, 4) is 5.69 Å². The second kappa shape index (κ2) is 8.62. The summed E-state index contributed by atoms with van der Waals surface area (Å²) < 4.78 is 15.5. The molecule has 3 rings (SSSR count). The molecule has 0 aliphatic rings. The molecule has 0 unspecified atom stereocenters. The molecular formula is C19H19FN4OS. The molecule has 0 aliphatic heterocycles. The van der Waals surface area contributed by atoms with Gasteiger partial charge in [-0.3, -0.25) is 9.36 Å². The van der Waals surface area contributed by atoms with Crippen molar-refractivity contribution in [2.45, 2.75) is 23.8 Å². The zero-order valence-corrected chi connectivity index (χ0v) is 15.1. The molecule has 0 fully saturated rings. The molecule has 3 aromatic rings. The van der Waals surface area contributed by atoms with Gasteiger partial charge in [0, 0.05) is 6.54 Å². The van der Waals surface area contributed by atoms with Crippen LogP contribution in [-0.4, -0.2) is 32.5 Å². The molecule has 2 aromatic carbocycles. The number of nitrogens with one attached hydrogen (secondary N) is 1. The largest absolute Gasteiger partial charge is 0.355 e. The first-order valence-corrected chi connectivity index (χ1v) is 9.16. The lowest BCUT2D eigenvalue weighted by molar-refractivity contribution is -0.120. The van der Waals surface area contributed by atoms with E-state index in [1.807, 2.05) is 30.3 Å². The average Bonchev–Trinajstić information content (AvgIpc) is 3.10. The lowest BCUT2D eigenvalue weighted by Gasteiger charge is -2.12. The number of benzene rings is 2. The zero-order valence-electron chi connectivity index (χ0n) is 14.3. The Balaban J connectivity index is 1.58. The van der Waals surface area contributed by atoms with Crippen LogP contribution in [0.15, 0.2) is 66.1 Å². The monoisotopic (exact) mass is 370 g/mol. The van der Waals surface area contributed by atoms with Gasteiger partial charge in [-0.15, -0.1) is 10.2 Å². The van der Waals surface area contributed by atoms with Crippen LogP contribution >= 0.6 is 11.8 Å². The minimum Gasteiger partial charge on any atom is -0.355 e. The maximum Gasteiger partial charge on any atom is 0.233 e. The Hall–Kier alpha value is -2.67. The van der Waals surface area contributed by atoms with E-state index >= 15 is 0 Å². The van der Waals surface area contributed by atoms with E-state index in [0.29, 0.717) is 17.4 Å². The molecule has 0 saturated heterocycles. The summed E-state index contributed by atoms with van der Waals surface area (Å²) in [5.74, 6) is -0.455. The van der Waals surface area contributed by atoms with Crippen molar-refractivity contribution in [2.24, 2.45) is 0 Å². The van der Waals surface area contributed by atoms with Crippen LogP contribution in [0.4, 0.5) is 4.39 Å². The molecule has 7 heteroatoms. The van der Waals surface area contributed by atoms with Crippen LogP contribution in [0.5, 0.6) is 0 Å². The van der Waals surface area contributed by atoms with E-state index in [-0.39, 0.29) is 17.0 Å². The minimum atomic E-state index is -0.375. The van der Waals surface area contributed by atoms with Gasteiger partial charge in [-0.2, -0.15) is 0 Å². The van der Waals surface area contributed by atoms with Crippen LogP contribution in [0.1, 0.15) is 12.5 Å². The van der Waals surface area contributed by atoms with Gasteiger partial charge in [0.1, 0.15) is 12.1 Å².